The first kappa shape index (κ1) is 36.3. The van der Waals surface area contributed by atoms with Crippen LogP contribution in [-0.2, 0) is 45.0 Å². The molecule has 6 amide bonds. The van der Waals surface area contributed by atoms with Crippen LogP contribution in [0.5, 0.6) is 0 Å². The van der Waals surface area contributed by atoms with E-state index in [4.69, 9.17) is 22.9 Å². The Morgan fingerprint density at radius 3 is 2.31 bits per heavy atom. The highest BCUT2D eigenvalue weighted by Crippen LogP contribution is 2.24. The number of rotatable bonds is 15. The van der Waals surface area contributed by atoms with Crippen molar-refractivity contribution >= 4 is 57.9 Å². The number of H-pyrrole nitrogens is 1. The second kappa shape index (κ2) is 16.6. The predicted octanol–water partition coefficient (Wildman–Crippen LogP) is -0.0915. The zero-order chi connectivity index (χ0) is 36.5. The number of hydrogen-bond donors (Lipinski definition) is 8. The van der Waals surface area contributed by atoms with Gasteiger partial charge < -0.3 is 48.8 Å². The molecule has 0 fully saturated rings. The Hall–Kier alpha value is -5.97. The molecule has 4 aromatic rings. The summed E-state index contributed by atoms with van der Waals surface area (Å²) in [6.45, 7) is 0.297. The Bertz CT molecular complexity index is 1910. The van der Waals surface area contributed by atoms with Crippen LogP contribution in [0.1, 0.15) is 35.2 Å². The molecule has 0 aliphatic carbocycles. The highest BCUT2D eigenvalue weighted by Gasteiger charge is 2.36. The van der Waals surface area contributed by atoms with Gasteiger partial charge in [-0.1, -0.05) is 42.5 Å². The molecule has 2 aromatic heterocycles. The number of amides is 6. The molecule has 1 unspecified atom stereocenters. The summed E-state index contributed by atoms with van der Waals surface area (Å²) in [7, 11) is 0. The van der Waals surface area contributed by atoms with Gasteiger partial charge in [-0.15, -0.1) is 11.3 Å². The first-order valence-electron chi connectivity index (χ1n) is 16.3. The van der Waals surface area contributed by atoms with Crippen molar-refractivity contribution in [1.82, 2.24) is 30.8 Å². The zero-order valence-electron chi connectivity index (χ0n) is 27.7. The van der Waals surface area contributed by atoms with Crippen molar-refractivity contribution in [1.29, 1.82) is 0 Å². The largest absolute Gasteiger partial charge is 0.370 e. The van der Waals surface area contributed by atoms with E-state index in [2.05, 4.69) is 30.9 Å². The highest BCUT2D eigenvalue weighted by molar-refractivity contribution is 7.07. The number of carbonyl (C=O) groups excluding carboxylic acids is 5. The van der Waals surface area contributed by atoms with Gasteiger partial charge in [-0.2, -0.15) is 0 Å². The minimum atomic E-state index is -1.20. The Balaban J connectivity index is 1.35. The summed E-state index contributed by atoms with van der Waals surface area (Å²) in [4.78, 5) is 79.2. The second-order valence-electron chi connectivity index (χ2n) is 12.2. The molecule has 2 aromatic carbocycles. The fraction of sp³-hybridized carbons (Fsp3) is 0.324. The van der Waals surface area contributed by atoms with Crippen molar-refractivity contribution in [3.05, 3.63) is 88.0 Å². The number of guanidine groups is 1. The number of aromatic nitrogens is 2. The van der Waals surface area contributed by atoms with Crippen LogP contribution in [0.4, 0.5) is 4.79 Å². The predicted molar refractivity (Wildman–Crippen MR) is 192 cm³/mol. The van der Waals surface area contributed by atoms with Gasteiger partial charge >= 0.3 is 6.03 Å². The molecule has 268 valence electrons. The maximum atomic E-state index is 14.0. The molecule has 3 heterocycles. The number of aromatic amines is 1. The first-order valence-corrected chi connectivity index (χ1v) is 17.2. The fourth-order valence-electron chi connectivity index (χ4n) is 6.07. The number of aliphatic imine (C=N–C) groups is 1. The second-order valence-corrected chi connectivity index (χ2v) is 13.0. The standard InChI is InChI=1S/C34H41N11O5S/c35-29(46)26(12-21-15-40-24-9-4-3-8-23(21)24)43-30(47)25(10-5-11-39-33(36)37)42-31(48)27(14-22-17-51-18-41-22)44-32(49)28-13-19-6-1-2-7-20(19)16-45(28)34(38)50/h1-4,6-9,15,17-18,25-28,40H,5,10-14,16H2,(H2,35,46)(H2,38,50)(H,42,48)(H,43,47)(H,44,49)(H4,36,37,39)/t25-,26-,27?,28-/m0/s1. The SMILES string of the molecule is NC(=O)[C@H](Cc1c[nH]c2ccccc12)NC(=O)[C@H](CCCN=C(N)N)NC(=O)C(Cc1cscn1)NC(=O)[C@@H]1Cc2ccccc2CN1C(N)=O. The molecule has 4 atom stereocenters. The average Bonchev–Trinajstić information content (AvgIpc) is 3.78. The molecule has 1 aliphatic heterocycles. The molecule has 0 bridgehead atoms. The summed E-state index contributed by atoms with van der Waals surface area (Å²) in [5.74, 6) is -2.85. The van der Waals surface area contributed by atoms with E-state index in [-0.39, 0.29) is 51.2 Å². The van der Waals surface area contributed by atoms with Gasteiger partial charge in [0.05, 0.1) is 11.2 Å². The summed E-state index contributed by atoms with van der Waals surface area (Å²) in [6.07, 6.45) is 2.40. The molecule has 1 aliphatic rings. The van der Waals surface area contributed by atoms with Gasteiger partial charge in [-0.25, -0.2) is 9.78 Å². The smallest absolute Gasteiger partial charge is 0.315 e. The number of benzene rings is 2. The average molecular weight is 716 g/mol. The highest BCUT2D eigenvalue weighted by atomic mass is 32.1. The molecule has 12 N–H and O–H groups in total. The maximum absolute atomic E-state index is 14.0. The Morgan fingerprint density at radius 1 is 0.902 bits per heavy atom. The van der Waals surface area contributed by atoms with Gasteiger partial charge in [-0.05, 0) is 35.6 Å². The van der Waals surface area contributed by atoms with Crippen molar-refractivity contribution in [3.8, 4) is 0 Å². The molecule has 5 rings (SSSR count). The topological polar surface area (TPSA) is 270 Å². The van der Waals surface area contributed by atoms with Crippen molar-refractivity contribution in [2.45, 2.75) is 62.8 Å². The van der Waals surface area contributed by atoms with Gasteiger partial charge in [-0.3, -0.25) is 24.2 Å². The minimum Gasteiger partial charge on any atom is -0.370 e. The summed E-state index contributed by atoms with van der Waals surface area (Å²) >= 11 is 1.31. The van der Waals surface area contributed by atoms with E-state index in [1.54, 1.807) is 17.1 Å². The Morgan fingerprint density at radius 2 is 1.61 bits per heavy atom. The number of nitrogens with one attached hydrogen (secondary N) is 4. The number of carbonyl (C=O) groups is 5. The summed E-state index contributed by atoms with van der Waals surface area (Å²) in [5.41, 5.74) is 27.8. The van der Waals surface area contributed by atoms with Gasteiger partial charge in [0.2, 0.25) is 23.6 Å². The third-order valence-electron chi connectivity index (χ3n) is 8.70. The van der Waals surface area contributed by atoms with E-state index >= 15 is 0 Å². The van der Waals surface area contributed by atoms with Crippen LogP contribution in [0.3, 0.4) is 0 Å². The van der Waals surface area contributed by atoms with E-state index in [1.807, 2.05) is 48.5 Å². The molecular weight excluding hydrogens is 675 g/mol. The lowest BCUT2D eigenvalue weighted by atomic mass is 9.93. The summed E-state index contributed by atoms with van der Waals surface area (Å²) in [5, 5.41) is 10.8. The molecule has 0 spiro atoms. The van der Waals surface area contributed by atoms with Crippen LogP contribution < -0.4 is 38.9 Å². The van der Waals surface area contributed by atoms with E-state index in [0.717, 1.165) is 27.6 Å². The van der Waals surface area contributed by atoms with E-state index in [9.17, 15) is 24.0 Å². The minimum absolute atomic E-state index is 0.00618. The molecule has 0 saturated heterocycles. The van der Waals surface area contributed by atoms with Crippen molar-refractivity contribution < 1.29 is 24.0 Å². The van der Waals surface area contributed by atoms with Crippen molar-refractivity contribution in [3.63, 3.8) is 0 Å². The zero-order valence-corrected chi connectivity index (χ0v) is 28.5. The third kappa shape index (κ3) is 9.39. The van der Waals surface area contributed by atoms with Gasteiger partial charge in [0.1, 0.15) is 24.2 Å². The van der Waals surface area contributed by atoms with Crippen LogP contribution >= 0.6 is 11.3 Å². The molecule has 0 radical (unpaired) electrons. The number of primary amides is 2. The molecule has 51 heavy (non-hydrogen) atoms. The number of fused-ring (bicyclic) bond motifs is 2. The monoisotopic (exact) mass is 715 g/mol. The number of urea groups is 1. The number of hydrogen-bond acceptors (Lipinski definition) is 8. The fourth-order valence-corrected chi connectivity index (χ4v) is 6.64. The normalized spacial score (nSPS) is 15.5. The van der Waals surface area contributed by atoms with Crippen LogP contribution in [0.25, 0.3) is 10.9 Å². The molecular formula is C34H41N11O5S. The lowest BCUT2D eigenvalue weighted by molar-refractivity contribution is -0.134. The number of nitrogens with two attached hydrogens (primary N) is 4. The van der Waals surface area contributed by atoms with Gasteiger partial charge in [0.15, 0.2) is 5.96 Å². The summed E-state index contributed by atoms with van der Waals surface area (Å²) < 4.78 is 0. The maximum Gasteiger partial charge on any atom is 0.315 e. The van der Waals surface area contributed by atoms with E-state index in [0.29, 0.717) is 5.69 Å². The third-order valence-corrected chi connectivity index (χ3v) is 9.34. The number of para-hydroxylation sites is 1. The van der Waals surface area contributed by atoms with E-state index < -0.39 is 53.8 Å². The lowest BCUT2D eigenvalue weighted by Gasteiger charge is -2.35. The number of thiazole rings is 1. The molecule has 17 heteroatoms. The van der Waals surface area contributed by atoms with Crippen molar-refractivity contribution in [2.24, 2.45) is 27.9 Å². The van der Waals surface area contributed by atoms with Crippen LogP contribution in [0.15, 0.2) is 70.6 Å². The summed E-state index contributed by atoms with van der Waals surface area (Å²) in [6, 6.07) is 9.69. The van der Waals surface area contributed by atoms with E-state index in [1.165, 1.54) is 16.2 Å². The molecule has 0 saturated carbocycles. The van der Waals surface area contributed by atoms with Crippen LogP contribution in [0, 0.1) is 0 Å². The van der Waals surface area contributed by atoms with Gasteiger partial charge in [0.25, 0.3) is 0 Å². The quantitative estimate of drug-likeness (QED) is 0.0467. The lowest BCUT2D eigenvalue weighted by Crippen LogP contribution is -2.60. The number of nitrogens with zero attached hydrogens (tertiary/aromatic N) is 3. The Kier molecular flexibility index (Phi) is 11.8. The van der Waals surface area contributed by atoms with Gasteiger partial charge in [0, 0.05) is 54.8 Å². The van der Waals surface area contributed by atoms with Crippen LogP contribution in [-0.4, -0.2) is 81.2 Å². The van der Waals surface area contributed by atoms with Crippen LogP contribution in [0.2, 0.25) is 0 Å². The first-order chi connectivity index (χ1) is 24.5. The Labute approximate surface area is 297 Å². The molecule has 16 nitrogen and oxygen atoms in total. The van der Waals surface area contributed by atoms with Crippen molar-refractivity contribution in [2.75, 3.05) is 6.54 Å².